The molecular formula is C18H15N5. The van der Waals surface area contributed by atoms with Gasteiger partial charge < -0.3 is 0 Å². The Kier molecular flexibility index (Phi) is 3.31. The first-order valence-electron chi connectivity index (χ1n) is 7.56. The maximum Gasteiger partial charge on any atom is 0.161 e. The Bertz CT molecular complexity index is 959. The molecule has 1 aromatic carbocycles. The Morgan fingerprint density at radius 3 is 2.65 bits per heavy atom. The highest BCUT2D eigenvalue weighted by Crippen LogP contribution is 2.25. The molecule has 0 amide bonds. The minimum atomic E-state index is 0.799. The first-order valence-corrected chi connectivity index (χ1v) is 7.56. The predicted molar refractivity (Wildman–Crippen MR) is 89.3 cm³/mol. The number of nitrogens with zero attached hydrogens (tertiary/aromatic N) is 5. The lowest BCUT2D eigenvalue weighted by molar-refractivity contribution is 0.853. The van der Waals surface area contributed by atoms with Crippen LogP contribution >= 0.6 is 0 Å². The summed E-state index contributed by atoms with van der Waals surface area (Å²) in [5.74, 6) is 0.827. The Labute approximate surface area is 133 Å². The lowest BCUT2D eigenvalue weighted by Gasteiger charge is -2.09. The number of benzene rings is 1. The molecule has 0 N–H and O–H groups in total. The summed E-state index contributed by atoms with van der Waals surface area (Å²) in [5, 5.41) is 14.8. The molecule has 0 aliphatic rings. The second-order valence-corrected chi connectivity index (χ2v) is 5.29. The van der Waals surface area contributed by atoms with Crippen LogP contribution < -0.4 is 0 Å². The average Bonchev–Trinajstić information content (AvgIpc) is 3.11. The highest BCUT2D eigenvalue weighted by molar-refractivity contribution is 5.91. The number of hydrogen-bond acceptors (Lipinski definition) is 4. The highest BCUT2D eigenvalue weighted by Gasteiger charge is 2.10. The van der Waals surface area contributed by atoms with Gasteiger partial charge in [0.1, 0.15) is 0 Å². The second-order valence-electron chi connectivity index (χ2n) is 5.29. The third kappa shape index (κ3) is 2.36. The van der Waals surface area contributed by atoms with Gasteiger partial charge in [-0.25, -0.2) is 9.67 Å². The fourth-order valence-electron chi connectivity index (χ4n) is 2.73. The molecule has 112 valence electrons. The van der Waals surface area contributed by atoms with Crippen molar-refractivity contribution in [2.75, 3.05) is 0 Å². The number of hydrogen-bond donors (Lipinski definition) is 0. The van der Waals surface area contributed by atoms with Crippen LogP contribution in [0.1, 0.15) is 12.5 Å². The van der Waals surface area contributed by atoms with E-state index in [1.807, 2.05) is 30.6 Å². The molecule has 0 bridgehead atoms. The number of pyridine rings is 1. The monoisotopic (exact) mass is 301 g/mol. The molecular weight excluding hydrogens is 286 g/mol. The maximum absolute atomic E-state index is 4.62. The summed E-state index contributed by atoms with van der Waals surface area (Å²) in [4.78, 5) is 4.62. The molecule has 0 saturated heterocycles. The van der Waals surface area contributed by atoms with Crippen molar-refractivity contribution in [2.45, 2.75) is 13.3 Å². The average molecular weight is 301 g/mol. The zero-order valence-corrected chi connectivity index (χ0v) is 12.7. The summed E-state index contributed by atoms with van der Waals surface area (Å²) < 4.78 is 1.80. The molecule has 0 spiro atoms. The normalized spacial score (nSPS) is 11.0. The van der Waals surface area contributed by atoms with Crippen LogP contribution in [0.5, 0.6) is 0 Å². The van der Waals surface area contributed by atoms with Crippen molar-refractivity contribution >= 4 is 10.8 Å². The predicted octanol–water partition coefficient (Wildman–Crippen LogP) is 3.44. The molecule has 0 fully saturated rings. The molecule has 4 aromatic rings. The fourth-order valence-corrected chi connectivity index (χ4v) is 2.73. The van der Waals surface area contributed by atoms with Crippen LogP contribution in [0, 0.1) is 0 Å². The summed E-state index contributed by atoms with van der Waals surface area (Å²) >= 11 is 0. The van der Waals surface area contributed by atoms with Crippen molar-refractivity contribution in [1.29, 1.82) is 0 Å². The molecule has 0 radical (unpaired) electrons. The van der Waals surface area contributed by atoms with E-state index in [4.69, 9.17) is 0 Å². The van der Waals surface area contributed by atoms with Gasteiger partial charge in [-0.15, -0.1) is 0 Å². The van der Waals surface area contributed by atoms with E-state index in [1.165, 1.54) is 10.9 Å². The van der Waals surface area contributed by atoms with Gasteiger partial charge in [0, 0.05) is 29.5 Å². The molecule has 4 rings (SSSR count). The lowest BCUT2D eigenvalue weighted by atomic mass is 10.1. The number of aryl methyl sites for hydroxylation is 1. The van der Waals surface area contributed by atoms with Crippen LogP contribution in [0.2, 0.25) is 0 Å². The summed E-state index contributed by atoms with van der Waals surface area (Å²) in [6.07, 6.45) is 8.27. The molecule has 0 atom stereocenters. The number of rotatable bonds is 3. The minimum absolute atomic E-state index is 0.799. The molecule has 3 aromatic heterocycles. The highest BCUT2D eigenvalue weighted by atomic mass is 15.3. The van der Waals surface area contributed by atoms with E-state index < -0.39 is 0 Å². The van der Waals surface area contributed by atoms with Gasteiger partial charge in [-0.3, -0.25) is 0 Å². The van der Waals surface area contributed by atoms with Gasteiger partial charge in [-0.05, 0) is 29.5 Å². The SMILES string of the molecule is CCc1cnc(-n2cc(-c3cccnn3)cn2)c2ccccc12. The standard InChI is InChI=1S/C18H15N5/c1-2-13-10-19-18(16-7-4-3-6-15(13)16)23-12-14(11-21-23)17-8-5-9-20-22-17/h3-12H,2H2,1H3. The van der Waals surface area contributed by atoms with Gasteiger partial charge in [-0.2, -0.15) is 15.3 Å². The number of fused-ring (bicyclic) bond motifs is 1. The van der Waals surface area contributed by atoms with Crippen molar-refractivity contribution in [1.82, 2.24) is 25.0 Å². The molecule has 5 nitrogen and oxygen atoms in total. The van der Waals surface area contributed by atoms with Crippen LogP contribution in [-0.4, -0.2) is 25.0 Å². The van der Waals surface area contributed by atoms with E-state index in [1.54, 1.807) is 17.1 Å². The van der Waals surface area contributed by atoms with Crippen LogP contribution in [0.25, 0.3) is 27.8 Å². The lowest BCUT2D eigenvalue weighted by Crippen LogP contribution is -2.00. The molecule has 0 unspecified atom stereocenters. The molecule has 0 aliphatic heterocycles. The molecule has 0 aliphatic carbocycles. The van der Waals surface area contributed by atoms with Gasteiger partial charge >= 0.3 is 0 Å². The van der Waals surface area contributed by atoms with Crippen molar-refractivity contribution in [3.8, 4) is 17.1 Å². The second kappa shape index (κ2) is 5.61. The van der Waals surface area contributed by atoms with Gasteiger partial charge in [0.2, 0.25) is 0 Å². The van der Waals surface area contributed by atoms with Crippen LogP contribution in [-0.2, 0) is 6.42 Å². The molecule has 23 heavy (non-hydrogen) atoms. The first-order chi connectivity index (χ1) is 11.4. The fraction of sp³-hybridized carbons (Fsp3) is 0.111. The van der Waals surface area contributed by atoms with Crippen LogP contribution in [0.3, 0.4) is 0 Å². The van der Waals surface area contributed by atoms with Gasteiger partial charge in [0.15, 0.2) is 5.82 Å². The zero-order chi connectivity index (χ0) is 15.6. The first kappa shape index (κ1) is 13.6. The molecule has 3 heterocycles. The molecule has 0 saturated carbocycles. The van der Waals surface area contributed by atoms with Gasteiger partial charge in [0.25, 0.3) is 0 Å². The van der Waals surface area contributed by atoms with E-state index in [0.717, 1.165) is 28.9 Å². The van der Waals surface area contributed by atoms with E-state index in [9.17, 15) is 0 Å². The van der Waals surface area contributed by atoms with E-state index in [0.29, 0.717) is 0 Å². The van der Waals surface area contributed by atoms with Crippen molar-refractivity contribution in [3.63, 3.8) is 0 Å². The topological polar surface area (TPSA) is 56.5 Å². The molecule has 5 heteroatoms. The number of aromatic nitrogens is 5. The van der Waals surface area contributed by atoms with Crippen molar-refractivity contribution < 1.29 is 0 Å². The van der Waals surface area contributed by atoms with Crippen molar-refractivity contribution in [3.05, 3.63) is 66.7 Å². The largest absolute Gasteiger partial charge is 0.236 e. The smallest absolute Gasteiger partial charge is 0.161 e. The summed E-state index contributed by atoms with van der Waals surface area (Å²) in [5.41, 5.74) is 2.96. The summed E-state index contributed by atoms with van der Waals surface area (Å²) in [7, 11) is 0. The van der Waals surface area contributed by atoms with Crippen molar-refractivity contribution in [2.24, 2.45) is 0 Å². The quantitative estimate of drug-likeness (QED) is 0.581. The zero-order valence-electron chi connectivity index (χ0n) is 12.7. The Morgan fingerprint density at radius 1 is 1.00 bits per heavy atom. The third-order valence-corrected chi connectivity index (χ3v) is 3.91. The minimum Gasteiger partial charge on any atom is -0.236 e. The van der Waals surface area contributed by atoms with Crippen LogP contribution in [0.15, 0.2) is 61.2 Å². The Balaban J connectivity index is 1.86. The van der Waals surface area contributed by atoms with Gasteiger partial charge in [0.05, 0.1) is 11.9 Å². The summed E-state index contributed by atoms with van der Waals surface area (Å²) in [6.45, 7) is 2.14. The van der Waals surface area contributed by atoms with E-state index in [-0.39, 0.29) is 0 Å². The Morgan fingerprint density at radius 2 is 1.87 bits per heavy atom. The van der Waals surface area contributed by atoms with E-state index >= 15 is 0 Å². The van der Waals surface area contributed by atoms with Crippen LogP contribution in [0.4, 0.5) is 0 Å². The van der Waals surface area contributed by atoms with Gasteiger partial charge in [-0.1, -0.05) is 31.2 Å². The maximum atomic E-state index is 4.62. The summed E-state index contributed by atoms with van der Waals surface area (Å²) in [6, 6.07) is 12.1. The third-order valence-electron chi connectivity index (χ3n) is 3.91. The van der Waals surface area contributed by atoms with E-state index in [2.05, 4.69) is 45.4 Å². The Hall–Kier alpha value is -3.08.